The molecule has 3 heterocycles. The summed E-state index contributed by atoms with van der Waals surface area (Å²) in [7, 11) is 0. The Morgan fingerprint density at radius 1 is 0.482 bits per heavy atom. The van der Waals surface area contributed by atoms with E-state index in [9.17, 15) is 8.78 Å². The zero-order valence-electron chi connectivity index (χ0n) is 30.6. The summed E-state index contributed by atoms with van der Waals surface area (Å²) < 4.78 is 28.7. The van der Waals surface area contributed by atoms with Crippen molar-refractivity contribution < 1.29 is 8.78 Å². The summed E-state index contributed by atoms with van der Waals surface area (Å²) in [5, 5.41) is 9.56. The van der Waals surface area contributed by atoms with Crippen LogP contribution in [0.2, 0.25) is 0 Å². The quantitative estimate of drug-likeness (QED) is 0.142. The van der Waals surface area contributed by atoms with Crippen molar-refractivity contribution in [1.82, 2.24) is 15.3 Å². The number of benzene rings is 7. The molecule has 1 atom stereocenters. The van der Waals surface area contributed by atoms with Crippen molar-refractivity contribution in [3.8, 4) is 22.5 Å². The number of nitrogens with one attached hydrogen (secondary N) is 1. The minimum atomic E-state index is -0.350. The van der Waals surface area contributed by atoms with E-state index in [1.165, 1.54) is 24.3 Å². The fourth-order valence-electron chi connectivity index (χ4n) is 8.14. The van der Waals surface area contributed by atoms with Gasteiger partial charge >= 0.3 is 0 Å². The van der Waals surface area contributed by atoms with E-state index < -0.39 is 0 Å². The van der Waals surface area contributed by atoms with E-state index in [1.54, 1.807) is 24.3 Å². The first-order chi connectivity index (χ1) is 27.4. The Hall–Kier alpha value is -7.12. The molecule has 1 unspecified atom stereocenters. The SMILES string of the molecule is Cc1c2c(-c3ccc(F)cc3)nc3cc(C4=NC(c5ccccc5)NC(c5ccccc5)=N4)ccc3c2c(C)c2c(-c3ccc(F)cc3)nc3ccccc3c12. The van der Waals surface area contributed by atoms with Gasteiger partial charge in [0.15, 0.2) is 5.84 Å². The molecular formula is C49H33F2N5. The highest BCUT2D eigenvalue weighted by molar-refractivity contribution is 6.26. The molecule has 2 aromatic heterocycles. The Labute approximate surface area is 321 Å². The summed E-state index contributed by atoms with van der Waals surface area (Å²) in [6.07, 6.45) is -0.350. The topological polar surface area (TPSA) is 62.5 Å². The molecular weight excluding hydrogens is 697 g/mol. The second kappa shape index (κ2) is 13.3. The van der Waals surface area contributed by atoms with E-state index in [1.807, 2.05) is 66.7 Å². The van der Waals surface area contributed by atoms with Gasteiger partial charge in [-0.15, -0.1) is 0 Å². The van der Waals surface area contributed by atoms with Crippen molar-refractivity contribution in [2.75, 3.05) is 0 Å². The first-order valence-electron chi connectivity index (χ1n) is 18.6. The number of halogens is 2. The first kappa shape index (κ1) is 33.4. The molecule has 0 bridgehead atoms. The van der Waals surface area contributed by atoms with Gasteiger partial charge in [0.25, 0.3) is 0 Å². The van der Waals surface area contributed by atoms with Crippen LogP contribution in [0.5, 0.6) is 0 Å². The zero-order chi connectivity index (χ0) is 37.9. The van der Waals surface area contributed by atoms with Gasteiger partial charge in [0.2, 0.25) is 0 Å². The fourth-order valence-corrected chi connectivity index (χ4v) is 8.14. The molecule has 10 rings (SSSR count). The predicted octanol–water partition coefficient (Wildman–Crippen LogP) is 11.8. The van der Waals surface area contributed by atoms with E-state index >= 15 is 0 Å². The van der Waals surface area contributed by atoms with Crippen LogP contribution in [0.3, 0.4) is 0 Å². The number of pyridine rings is 2. The van der Waals surface area contributed by atoms with Gasteiger partial charge in [0.1, 0.15) is 23.6 Å². The van der Waals surface area contributed by atoms with Gasteiger partial charge in [-0.2, -0.15) is 0 Å². The highest BCUT2D eigenvalue weighted by Gasteiger charge is 2.25. The predicted molar refractivity (Wildman–Crippen MR) is 224 cm³/mol. The molecule has 7 aromatic carbocycles. The fraction of sp³-hybridized carbons (Fsp3) is 0.0612. The summed E-state index contributed by atoms with van der Waals surface area (Å²) in [5.41, 5.74) is 9.61. The lowest BCUT2D eigenvalue weighted by molar-refractivity contribution is 0.627. The molecule has 268 valence electrons. The third kappa shape index (κ3) is 5.59. The van der Waals surface area contributed by atoms with Crippen molar-refractivity contribution in [2.24, 2.45) is 9.98 Å². The molecule has 5 nitrogen and oxygen atoms in total. The maximum absolute atomic E-state index is 14.4. The number of amidine groups is 2. The van der Waals surface area contributed by atoms with Crippen molar-refractivity contribution >= 4 is 55.0 Å². The maximum Gasteiger partial charge on any atom is 0.159 e. The maximum atomic E-state index is 14.4. The lowest BCUT2D eigenvalue weighted by Gasteiger charge is -2.24. The van der Waals surface area contributed by atoms with Crippen LogP contribution in [0.15, 0.2) is 162 Å². The minimum Gasteiger partial charge on any atom is -0.344 e. The number of aromatic nitrogens is 2. The number of nitrogens with zero attached hydrogens (tertiary/aromatic N) is 4. The smallest absolute Gasteiger partial charge is 0.159 e. The van der Waals surface area contributed by atoms with Crippen LogP contribution in [-0.4, -0.2) is 21.6 Å². The van der Waals surface area contributed by atoms with Crippen LogP contribution in [0.25, 0.3) is 65.9 Å². The van der Waals surface area contributed by atoms with Crippen LogP contribution in [0, 0.1) is 25.5 Å². The number of hydrogen-bond acceptors (Lipinski definition) is 5. The average molecular weight is 730 g/mol. The second-order valence-corrected chi connectivity index (χ2v) is 14.2. The lowest BCUT2D eigenvalue weighted by atomic mass is 9.86. The Morgan fingerprint density at radius 2 is 1.00 bits per heavy atom. The van der Waals surface area contributed by atoms with Crippen molar-refractivity contribution in [3.05, 3.63) is 191 Å². The normalized spacial score (nSPS) is 14.2. The summed E-state index contributed by atoms with van der Waals surface area (Å²) in [6.45, 7) is 4.26. The number of fused-ring (bicyclic) bond motifs is 6. The van der Waals surface area contributed by atoms with Crippen molar-refractivity contribution in [1.29, 1.82) is 0 Å². The monoisotopic (exact) mass is 729 g/mol. The Bertz CT molecular complexity index is 3070. The third-order valence-electron chi connectivity index (χ3n) is 10.8. The molecule has 56 heavy (non-hydrogen) atoms. The third-order valence-corrected chi connectivity index (χ3v) is 10.8. The Balaban J connectivity index is 1.28. The summed E-state index contributed by atoms with van der Waals surface area (Å²) >= 11 is 0. The van der Waals surface area contributed by atoms with Gasteiger partial charge in [-0.3, -0.25) is 0 Å². The standard InChI is InChI=1S/C49H33F2N5/c1-28-41-37-15-9-10-16-39(37)52-45(30-17-22-35(50)23-18-30)43(41)29(2)42-38-26-21-34(27-40(38)53-46(44(28)42)31-19-24-36(51)25-20-31)49-55-47(32-11-5-3-6-12-32)54-48(56-49)33-13-7-4-8-14-33/h3-27,47H,1-2H3,(H,54,55,56). The molecule has 0 radical (unpaired) electrons. The molecule has 0 amide bonds. The van der Waals surface area contributed by atoms with E-state index in [0.717, 1.165) is 99.5 Å². The van der Waals surface area contributed by atoms with Crippen LogP contribution >= 0.6 is 0 Å². The van der Waals surface area contributed by atoms with E-state index in [2.05, 4.69) is 55.6 Å². The van der Waals surface area contributed by atoms with Crippen molar-refractivity contribution in [2.45, 2.75) is 20.0 Å². The van der Waals surface area contributed by atoms with Gasteiger partial charge in [0, 0.05) is 43.8 Å². The van der Waals surface area contributed by atoms with Gasteiger partial charge in [0.05, 0.1) is 22.4 Å². The second-order valence-electron chi connectivity index (χ2n) is 14.2. The summed E-state index contributed by atoms with van der Waals surface area (Å²) in [6, 6.07) is 47.6. The molecule has 1 N–H and O–H groups in total. The molecule has 7 heteroatoms. The van der Waals surface area contributed by atoms with E-state index in [-0.39, 0.29) is 17.8 Å². The van der Waals surface area contributed by atoms with E-state index in [0.29, 0.717) is 5.84 Å². The van der Waals surface area contributed by atoms with Gasteiger partial charge in [-0.1, -0.05) is 91.0 Å². The lowest BCUT2D eigenvalue weighted by Crippen LogP contribution is -2.33. The summed E-state index contributed by atoms with van der Waals surface area (Å²) in [5.74, 6) is 0.699. The van der Waals surface area contributed by atoms with Crippen LogP contribution in [0.1, 0.15) is 34.0 Å². The molecule has 0 saturated carbocycles. The molecule has 9 aromatic rings. The molecule has 0 spiro atoms. The number of aryl methyl sites for hydroxylation is 2. The molecule has 0 saturated heterocycles. The highest BCUT2D eigenvalue weighted by Crippen LogP contribution is 2.45. The largest absolute Gasteiger partial charge is 0.344 e. The molecule has 0 fully saturated rings. The van der Waals surface area contributed by atoms with E-state index in [4.69, 9.17) is 20.0 Å². The molecule has 1 aliphatic heterocycles. The number of hydrogen-bond donors (Lipinski definition) is 1. The van der Waals surface area contributed by atoms with Crippen LogP contribution < -0.4 is 5.32 Å². The minimum absolute atomic E-state index is 0.303. The highest BCUT2D eigenvalue weighted by atomic mass is 19.1. The average Bonchev–Trinajstić information content (AvgIpc) is 3.25. The molecule has 0 aliphatic carbocycles. The Kier molecular flexibility index (Phi) is 7.96. The van der Waals surface area contributed by atoms with Gasteiger partial charge in [-0.25, -0.2) is 28.7 Å². The number of para-hydroxylation sites is 1. The number of aliphatic imine (C=N–C) groups is 2. The van der Waals surface area contributed by atoms with Gasteiger partial charge in [-0.05, 0) is 102 Å². The van der Waals surface area contributed by atoms with Crippen LogP contribution in [-0.2, 0) is 0 Å². The van der Waals surface area contributed by atoms with Crippen LogP contribution in [0.4, 0.5) is 8.78 Å². The Morgan fingerprint density at radius 3 is 1.62 bits per heavy atom. The first-order valence-corrected chi connectivity index (χ1v) is 18.6. The zero-order valence-corrected chi connectivity index (χ0v) is 30.6. The molecule has 1 aliphatic rings. The summed E-state index contributed by atoms with van der Waals surface area (Å²) in [4.78, 5) is 20.8. The number of rotatable bonds is 5. The van der Waals surface area contributed by atoms with Crippen molar-refractivity contribution in [3.63, 3.8) is 0 Å². The van der Waals surface area contributed by atoms with Gasteiger partial charge < -0.3 is 5.32 Å².